The molecule has 108 valence electrons. The summed E-state index contributed by atoms with van der Waals surface area (Å²) in [6.45, 7) is 7.47. The maximum absolute atomic E-state index is 12.3. The van der Waals surface area contributed by atoms with E-state index in [9.17, 15) is 13.2 Å². The van der Waals surface area contributed by atoms with Gasteiger partial charge in [-0.15, -0.1) is 0 Å². The van der Waals surface area contributed by atoms with Crippen LogP contribution in [0.2, 0.25) is 0 Å². The molecule has 0 bridgehead atoms. The molecule has 6 nitrogen and oxygen atoms in total. The summed E-state index contributed by atoms with van der Waals surface area (Å²) in [7, 11) is -3.82. The summed E-state index contributed by atoms with van der Waals surface area (Å²) < 4.78 is 26.3. The quantitative estimate of drug-likeness (QED) is 0.842. The van der Waals surface area contributed by atoms with Crippen LogP contribution in [-0.2, 0) is 21.2 Å². The van der Waals surface area contributed by atoms with Gasteiger partial charge in [0.2, 0.25) is 20.9 Å². The predicted molar refractivity (Wildman–Crippen MR) is 72.5 cm³/mol. The zero-order valence-corrected chi connectivity index (χ0v) is 12.6. The number of nitrogens with two attached hydrogens (primary N) is 1. The highest BCUT2D eigenvalue weighted by Crippen LogP contribution is 2.20. The summed E-state index contributed by atoms with van der Waals surface area (Å²) in [4.78, 5) is 15.2. The first-order chi connectivity index (χ1) is 8.73. The molecule has 1 rings (SSSR count). The van der Waals surface area contributed by atoms with Gasteiger partial charge in [0, 0.05) is 12.2 Å². The van der Waals surface area contributed by atoms with Crippen molar-refractivity contribution in [1.82, 2.24) is 9.55 Å². The largest absolute Gasteiger partial charge is 0.369 e. The summed E-state index contributed by atoms with van der Waals surface area (Å²) in [5.74, 6) is -0.861. The lowest BCUT2D eigenvalue weighted by Gasteiger charge is -2.12. The van der Waals surface area contributed by atoms with E-state index in [1.54, 1.807) is 11.5 Å². The molecule has 1 atom stereocenters. The highest BCUT2D eigenvalue weighted by molar-refractivity contribution is 7.92. The summed E-state index contributed by atoms with van der Waals surface area (Å²) >= 11 is 0. The molecule has 0 aliphatic heterocycles. The Hall–Kier alpha value is -1.37. The Morgan fingerprint density at radius 1 is 1.42 bits per heavy atom. The van der Waals surface area contributed by atoms with E-state index >= 15 is 0 Å². The zero-order chi connectivity index (χ0) is 14.8. The topological polar surface area (TPSA) is 95.0 Å². The number of primary amides is 1. The second-order valence-corrected chi connectivity index (χ2v) is 6.82. The van der Waals surface area contributed by atoms with Gasteiger partial charge in [-0.3, -0.25) is 4.79 Å². The molecular formula is C12H21N3O3S. The van der Waals surface area contributed by atoms with Crippen LogP contribution in [-0.4, -0.2) is 29.1 Å². The van der Waals surface area contributed by atoms with Gasteiger partial charge in [-0.25, -0.2) is 13.4 Å². The Bertz CT molecular complexity index is 575. The van der Waals surface area contributed by atoms with Crippen molar-refractivity contribution in [3.63, 3.8) is 0 Å². The fourth-order valence-corrected chi connectivity index (χ4v) is 3.15. The van der Waals surface area contributed by atoms with E-state index < -0.39 is 21.0 Å². The Morgan fingerprint density at radius 2 is 2.00 bits per heavy atom. The van der Waals surface area contributed by atoms with E-state index in [1.165, 1.54) is 6.92 Å². The van der Waals surface area contributed by atoms with Gasteiger partial charge in [-0.1, -0.05) is 13.3 Å². The fourth-order valence-electron chi connectivity index (χ4n) is 1.73. The second kappa shape index (κ2) is 5.73. The molecule has 19 heavy (non-hydrogen) atoms. The number of rotatable bonds is 6. The van der Waals surface area contributed by atoms with Gasteiger partial charge in [0.25, 0.3) is 0 Å². The third-order valence-corrected chi connectivity index (χ3v) is 5.26. The number of imidazole rings is 1. The van der Waals surface area contributed by atoms with Gasteiger partial charge in [-0.2, -0.15) is 0 Å². The molecule has 0 saturated carbocycles. The number of carbonyl (C=O) groups is 1. The fraction of sp³-hybridized carbons (Fsp3) is 0.667. The number of carbonyl (C=O) groups excluding carboxylic acids is 1. The van der Waals surface area contributed by atoms with E-state index in [0.717, 1.165) is 18.5 Å². The van der Waals surface area contributed by atoms with Crippen molar-refractivity contribution in [3.05, 3.63) is 11.4 Å². The molecular weight excluding hydrogens is 266 g/mol. The van der Waals surface area contributed by atoms with E-state index in [4.69, 9.17) is 5.73 Å². The minimum Gasteiger partial charge on any atom is -0.369 e. The minimum absolute atomic E-state index is 0.0535. The maximum atomic E-state index is 12.3. The highest BCUT2D eigenvalue weighted by Gasteiger charge is 2.33. The Balaban J connectivity index is 3.34. The van der Waals surface area contributed by atoms with Gasteiger partial charge in [0.1, 0.15) is 5.25 Å². The van der Waals surface area contributed by atoms with Gasteiger partial charge >= 0.3 is 0 Å². The lowest BCUT2D eigenvalue weighted by Crippen LogP contribution is -2.34. The number of nitrogens with zero attached hydrogens (tertiary/aromatic N) is 2. The average molecular weight is 287 g/mol. The smallest absolute Gasteiger partial charge is 0.235 e. The van der Waals surface area contributed by atoms with E-state index in [2.05, 4.69) is 4.98 Å². The van der Waals surface area contributed by atoms with Gasteiger partial charge in [-0.05, 0) is 27.2 Å². The number of aryl methyl sites for hydroxylation is 1. The summed E-state index contributed by atoms with van der Waals surface area (Å²) in [5.41, 5.74) is 6.57. The van der Waals surface area contributed by atoms with Crippen LogP contribution >= 0.6 is 0 Å². The first kappa shape index (κ1) is 15.7. The van der Waals surface area contributed by atoms with Crippen LogP contribution in [0.3, 0.4) is 0 Å². The van der Waals surface area contributed by atoms with Crippen LogP contribution in [0.15, 0.2) is 5.16 Å². The molecule has 0 fully saturated rings. The van der Waals surface area contributed by atoms with Crippen LogP contribution in [0.4, 0.5) is 0 Å². The highest BCUT2D eigenvalue weighted by atomic mass is 32.2. The van der Waals surface area contributed by atoms with Crippen LogP contribution in [0.5, 0.6) is 0 Å². The predicted octanol–water partition coefficient (Wildman–Crippen LogP) is 0.948. The number of aromatic nitrogens is 2. The van der Waals surface area contributed by atoms with E-state index in [1.807, 2.05) is 13.8 Å². The first-order valence-electron chi connectivity index (χ1n) is 6.30. The molecule has 1 amide bonds. The third-order valence-electron chi connectivity index (χ3n) is 3.28. The Kier molecular flexibility index (Phi) is 4.73. The molecule has 0 spiro atoms. The molecule has 1 heterocycles. The molecule has 7 heteroatoms. The minimum atomic E-state index is -3.82. The number of hydrogen-bond donors (Lipinski definition) is 1. The molecule has 1 aromatic rings. The summed E-state index contributed by atoms with van der Waals surface area (Å²) in [6, 6.07) is 0. The van der Waals surface area contributed by atoms with Crippen molar-refractivity contribution in [2.75, 3.05) is 0 Å². The first-order valence-corrected chi connectivity index (χ1v) is 7.85. The van der Waals surface area contributed by atoms with E-state index in [-0.39, 0.29) is 5.16 Å². The monoisotopic (exact) mass is 287 g/mol. The van der Waals surface area contributed by atoms with Crippen molar-refractivity contribution >= 4 is 15.7 Å². The summed E-state index contributed by atoms with van der Waals surface area (Å²) in [5, 5.41) is -1.32. The van der Waals surface area contributed by atoms with Crippen molar-refractivity contribution < 1.29 is 13.2 Å². The van der Waals surface area contributed by atoms with Crippen LogP contribution in [0, 0.1) is 13.8 Å². The van der Waals surface area contributed by atoms with Gasteiger partial charge < -0.3 is 10.3 Å². The van der Waals surface area contributed by atoms with Crippen LogP contribution in [0.25, 0.3) is 0 Å². The Labute approximate surface area is 113 Å². The molecule has 2 N–H and O–H groups in total. The maximum Gasteiger partial charge on any atom is 0.235 e. The van der Waals surface area contributed by atoms with Gasteiger partial charge in [0.05, 0.1) is 5.69 Å². The van der Waals surface area contributed by atoms with Crippen molar-refractivity contribution in [3.8, 4) is 0 Å². The second-order valence-electron chi connectivity index (χ2n) is 4.66. The summed E-state index contributed by atoms with van der Waals surface area (Å²) in [6.07, 6.45) is 1.80. The standard InChI is InChI=1S/C12H21N3O3S/c1-5-6-7-15-9(3)8(2)14-12(15)19(17,18)10(4)11(13)16/h10H,5-7H2,1-4H3,(H2,13,16)/t10-/m1/s1. The molecule has 0 aromatic carbocycles. The van der Waals surface area contributed by atoms with Crippen molar-refractivity contribution in [1.29, 1.82) is 0 Å². The lowest BCUT2D eigenvalue weighted by molar-refractivity contribution is -0.117. The molecule has 0 unspecified atom stereocenters. The molecule has 0 saturated heterocycles. The van der Waals surface area contributed by atoms with E-state index in [0.29, 0.717) is 12.2 Å². The van der Waals surface area contributed by atoms with Crippen molar-refractivity contribution in [2.45, 2.75) is 57.5 Å². The normalized spacial score (nSPS) is 13.5. The average Bonchev–Trinajstić information content (AvgIpc) is 2.63. The Morgan fingerprint density at radius 3 is 2.47 bits per heavy atom. The molecule has 0 aliphatic rings. The zero-order valence-electron chi connectivity index (χ0n) is 11.8. The lowest BCUT2D eigenvalue weighted by atomic mass is 10.3. The third kappa shape index (κ3) is 2.97. The molecule has 0 aliphatic carbocycles. The number of hydrogen-bond acceptors (Lipinski definition) is 4. The van der Waals surface area contributed by atoms with Crippen LogP contribution < -0.4 is 5.73 Å². The molecule has 1 aromatic heterocycles. The van der Waals surface area contributed by atoms with Crippen LogP contribution in [0.1, 0.15) is 38.1 Å². The number of amides is 1. The number of sulfone groups is 1. The van der Waals surface area contributed by atoms with Crippen molar-refractivity contribution in [2.24, 2.45) is 5.73 Å². The molecule has 0 radical (unpaired) electrons. The SMILES string of the molecule is CCCCn1c(S(=O)(=O)[C@H](C)C(N)=O)nc(C)c1C. The van der Waals surface area contributed by atoms with Gasteiger partial charge in [0.15, 0.2) is 0 Å². The number of unbranched alkanes of at least 4 members (excludes halogenated alkanes) is 1.